The largest absolute Gasteiger partial charge is 0.385 e. The topological polar surface area (TPSA) is 63.5 Å². The smallest absolute Gasteiger partial charge is 0.191 e. The van der Waals surface area contributed by atoms with Crippen LogP contribution in [0.1, 0.15) is 31.4 Å². The summed E-state index contributed by atoms with van der Waals surface area (Å²) in [5, 5.41) is 11.4. The Hall–Kier alpha value is -2.41. The van der Waals surface area contributed by atoms with Crippen molar-refractivity contribution in [2.45, 2.75) is 32.1 Å². The number of aliphatic imine (C=N–C) groups is 1. The molecule has 0 amide bonds. The summed E-state index contributed by atoms with van der Waals surface area (Å²) >= 11 is 0. The van der Waals surface area contributed by atoms with Gasteiger partial charge in [0.05, 0.1) is 11.4 Å². The molecule has 1 fully saturated rings. The zero-order valence-electron chi connectivity index (χ0n) is 16.7. The number of aromatic nitrogens is 2. The van der Waals surface area contributed by atoms with E-state index >= 15 is 0 Å². The summed E-state index contributed by atoms with van der Waals surface area (Å²) in [6.45, 7) is 2.48. The number of hydrogen-bond acceptors (Lipinski definition) is 3. The first-order valence-corrected chi connectivity index (χ1v) is 9.88. The highest BCUT2D eigenvalue weighted by Gasteiger charge is 2.36. The van der Waals surface area contributed by atoms with E-state index < -0.39 is 0 Å². The third kappa shape index (κ3) is 5.32. The van der Waals surface area contributed by atoms with Gasteiger partial charge in [0, 0.05) is 46.5 Å². The number of nitrogens with one attached hydrogen (secondary N) is 2. The molecule has 1 saturated carbocycles. The number of halogens is 1. The minimum atomic E-state index is -0.245. The molecular formula is C21H30FN5O. The zero-order chi connectivity index (χ0) is 19.8. The predicted octanol–water partition coefficient (Wildman–Crippen LogP) is 2.93. The van der Waals surface area contributed by atoms with E-state index in [1.54, 1.807) is 31.0 Å². The average molecular weight is 388 g/mol. The maximum Gasteiger partial charge on any atom is 0.191 e. The van der Waals surface area contributed by atoms with E-state index in [0.717, 1.165) is 49.9 Å². The first-order valence-electron chi connectivity index (χ1n) is 9.88. The predicted molar refractivity (Wildman–Crippen MR) is 109 cm³/mol. The van der Waals surface area contributed by atoms with Crippen LogP contribution in [0, 0.1) is 11.2 Å². The van der Waals surface area contributed by atoms with Crippen LogP contribution in [0.25, 0.3) is 5.69 Å². The molecule has 0 bridgehead atoms. The van der Waals surface area contributed by atoms with E-state index in [0.29, 0.717) is 5.41 Å². The van der Waals surface area contributed by atoms with Crippen molar-refractivity contribution in [3.05, 3.63) is 48.0 Å². The second-order valence-corrected chi connectivity index (χ2v) is 7.43. The van der Waals surface area contributed by atoms with Gasteiger partial charge in [-0.1, -0.05) is 6.42 Å². The third-order valence-corrected chi connectivity index (χ3v) is 5.51. The highest BCUT2D eigenvalue weighted by Crippen LogP contribution is 2.43. The SMILES string of the molecule is CN=C(NCCc1ccn(-c2ccc(F)cc2)n1)NCC1(CCOC)CCC1. The summed E-state index contributed by atoms with van der Waals surface area (Å²) in [6, 6.07) is 8.30. The fourth-order valence-electron chi connectivity index (χ4n) is 3.54. The molecule has 0 atom stereocenters. The molecule has 1 heterocycles. The quantitative estimate of drug-likeness (QED) is 0.513. The molecule has 1 aromatic heterocycles. The lowest BCUT2D eigenvalue weighted by Gasteiger charge is -2.42. The summed E-state index contributed by atoms with van der Waals surface area (Å²) in [7, 11) is 3.55. The van der Waals surface area contributed by atoms with Crippen molar-refractivity contribution in [2.24, 2.45) is 10.4 Å². The molecule has 0 aliphatic heterocycles. The van der Waals surface area contributed by atoms with Crippen molar-refractivity contribution in [3.63, 3.8) is 0 Å². The fraction of sp³-hybridized carbons (Fsp3) is 0.524. The maximum absolute atomic E-state index is 13.0. The standard InChI is InChI=1S/C21H30FN5O/c1-23-20(25-16-21(10-3-11-21)12-15-28-2)24-13-8-18-9-14-27(26-18)19-6-4-17(22)5-7-19/h4-7,9,14H,3,8,10-13,15-16H2,1-2H3,(H2,23,24,25). The molecular weight excluding hydrogens is 357 g/mol. The Kier molecular flexibility index (Phi) is 7.03. The van der Waals surface area contributed by atoms with E-state index in [9.17, 15) is 4.39 Å². The Balaban J connectivity index is 1.44. The number of ether oxygens (including phenoxy) is 1. The van der Waals surface area contributed by atoms with Crippen molar-refractivity contribution >= 4 is 5.96 Å². The highest BCUT2D eigenvalue weighted by atomic mass is 19.1. The number of rotatable bonds is 9. The lowest BCUT2D eigenvalue weighted by atomic mass is 9.67. The van der Waals surface area contributed by atoms with Gasteiger partial charge >= 0.3 is 0 Å². The minimum Gasteiger partial charge on any atom is -0.385 e. The van der Waals surface area contributed by atoms with Gasteiger partial charge in [-0.15, -0.1) is 0 Å². The molecule has 6 nitrogen and oxygen atoms in total. The lowest BCUT2D eigenvalue weighted by molar-refractivity contribution is 0.0732. The number of guanidine groups is 1. The Bertz CT molecular complexity index is 767. The van der Waals surface area contributed by atoms with Crippen LogP contribution in [0.4, 0.5) is 4.39 Å². The zero-order valence-corrected chi connectivity index (χ0v) is 16.7. The lowest BCUT2D eigenvalue weighted by Crippen LogP contribution is -2.47. The van der Waals surface area contributed by atoms with Crippen LogP contribution >= 0.6 is 0 Å². The summed E-state index contributed by atoms with van der Waals surface area (Å²) in [6.07, 6.45) is 7.57. The summed E-state index contributed by atoms with van der Waals surface area (Å²) in [5.74, 6) is 0.576. The van der Waals surface area contributed by atoms with Crippen molar-refractivity contribution in [3.8, 4) is 5.69 Å². The van der Waals surface area contributed by atoms with Gasteiger partial charge in [0.2, 0.25) is 0 Å². The highest BCUT2D eigenvalue weighted by molar-refractivity contribution is 5.79. The van der Waals surface area contributed by atoms with Gasteiger partial charge in [0.15, 0.2) is 5.96 Å². The summed E-state index contributed by atoms with van der Waals surface area (Å²) in [5.41, 5.74) is 2.17. The van der Waals surface area contributed by atoms with Crippen molar-refractivity contribution in [1.29, 1.82) is 0 Å². The summed E-state index contributed by atoms with van der Waals surface area (Å²) in [4.78, 5) is 4.32. The van der Waals surface area contributed by atoms with Crippen molar-refractivity contribution < 1.29 is 9.13 Å². The Morgan fingerprint density at radius 2 is 2.04 bits per heavy atom. The van der Waals surface area contributed by atoms with Crippen LogP contribution in [0.3, 0.4) is 0 Å². The Morgan fingerprint density at radius 3 is 2.68 bits per heavy atom. The van der Waals surface area contributed by atoms with Crippen molar-refractivity contribution in [1.82, 2.24) is 20.4 Å². The second-order valence-electron chi connectivity index (χ2n) is 7.43. The van der Waals surface area contributed by atoms with Gasteiger partial charge in [-0.2, -0.15) is 5.10 Å². The first-order chi connectivity index (χ1) is 13.6. The first kappa shape index (κ1) is 20.3. The molecule has 1 aliphatic rings. The minimum absolute atomic E-state index is 0.245. The van der Waals surface area contributed by atoms with E-state index in [-0.39, 0.29) is 5.82 Å². The summed E-state index contributed by atoms with van der Waals surface area (Å²) < 4.78 is 20.1. The molecule has 2 aromatic rings. The molecule has 28 heavy (non-hydrogen) atoms. The molecule has 0 unspecified atom stereocenters. The van der Waals surface area contributed by atoms with Crippen LogP contribution in [-0.4, -0.2) is 49.6 Å². The average Bonchev–Trinajstić information content (AvgIpc) is 3.14. The third-order valence-electron chi connectivity index (χ3n) is 5.51. The normalized spacial score (nSPS) is 15.9. The van der Waals surface area contributed by atoms with Crippen molar-refractivity contribution in [2.75, 3.05) is 33.9 Å². The molecule has 3 rings (SSSR count). The monoisotopic (exact) mass is 387 g/mol. The molecule has 7 heteroatoms. The molecule has 2 N–H and O–H groups in total. The Morgan fingerprint density at radius 1 is 1.25 bits per heavy atom. The molecule has 0 saturated heterocycles. The number of hydrogen-bond donors (Lipinski definition) is 2. The van der Waals surface area contributed by atoms with Crippen LogP contribution in [0.15, 0.2) is 41.5 Å². The van der Waals surface area contributed by atoms with E-state index in [1.165, 1.54) is 31.4 Å². The second kappa shape index (κ2) is 9.68. The van der Waals surface area contributed by atoms with Crippen LogP contribution in [0.2, 0.25) is 0 Å². The molecule has 0 radical (unpaired) electrons. The number of methoxy groups -OCH3 is 1. The van der Waals surface area contributed by atoms with Gasteiger partial charge in [-0.05, 0) is 55.0 Å². The molecule has 1 aliphatic carbocycles. The van der Waals surface area contributed by atoms with Crippen LogP contribution in [-0.2, 0) is 11.2 Å². The molecule has 0 spiro atoms. The molecule has 1 aromatic carbocycles. The Labute approximate surface area is 166 Å². The van der Waals surface area contributed by atoms with Gasteiger partial charge in [-0.3, -0.25) is 4.99 Å². The fourth-order valence-corrected chi connectivity index (χ4v) is 3.54. The number of nitrogens with zero attached hydrogens (tertiary/aromatic N) is 3. The maximum atomic E-state index is 13.0. The van der Waals surface area contributed by atoms with E-state index in [1.807, 2.05) is 12.3 Å². The van der Waals surface area contributed by atoms with Crippen LogP contribution in [0.5, 0.6) is 0 Å². The van der Waals surface area contributed by atoms with Gasteiger partial charge < -0.3 is 15.4 Å². The van der Waals surface area contributed by atoms with E-state index in [2.05, 4.69) is 20.7 Å². The van der Waals surface area contributed by atoms with Gasteiger partial charge in [-0.25, -0.2) is 9.07 Å². The van der Waals surface area contributed by atoms with E-state index in [4.69, 9.17) is 4.74 Å². The van der Waals surface area contributed by atoms with Gasteiger partial charge in [0.1, 0.15) is 5.82 Å². The van der Waals surface area contributed by atoms with Gasteiger partial charge in [0.25, 0.3) is 0 Å². The molecule has 152 valence electrons. The number of benzene rings is 1. The van der Waals surface area contributed by atoms with Crippen LogP contribution < -0.4 is 10.6 Å².